The zero-order valence-electron chi connectivity index (χ0n) is 21.0. The highest BCUT2D eigenvalue weighted by atomic mass is 19.1. The van der Waals surface area contributed by atoms with Gasteiger partial charge in [0.2, 0.25) is 5.91 Å². The van der Waals surface area contributed by atoms with Crippen molar-refractivity contribution in [2.75, 3.05) is 58.9 Å². The maximum absolute atomic E-state index is 14.4. The molecule has 0 aromatic heterocycles. The second-order valence-electron chi connectivity index (χ2n) is 10.8. The lowest BCUT2D eigenvalue weighted by molar-refractivity contribution is -0.954. The fourth-order valence-corrected chi connectivity index (χ4v) is 6.49. The van der Waals surface area contributed by atoms with Gasteiger partial charge < -0.3 is 22.1 Å². The Balaban J connectivity index is 1.47. The van der Waals surface area contributed by atoms with E-state index in [1.54, 1.807) is 0 Å². The topological polar surface area (TPSA) is 112 Å². The molecule has 0 spiro atoms. The molecule has 0 aromatic rings. The minimum Gasteiger partial charge on any atom is -0.350 e. The highest BCUT2D eigenvalue weighted by molar-refractivity contribution is 5.81. The number of piperidine rings is 1. The third-order valence-corrected chi connectivity index (χ3v) is 8.49. The monoisotopic (exact) mass is 481 g/mol. The van der Waals surface area contributed by atoms with Crippen LogP contribution in [0.25, 0.3) is 0 Å². The van der Waals surface area contributed by atoms with E-state index in [0.717, 1.165) is 64.7 Å². The maximum atomic E-state index is 14.4. The summed E-state index contributed by atoms with van der Waals surface area (Å²) >= 11 is 0. The number of alkyl halides is 1. The number of hydrogen-bond donors (Lipinski definition) is 4. The Labute approximate surface area is 204 Å². The van der Waals surface area contributed by atoms with Crippen molar-refractivity contribution >= 4 is 12.1 Å². The molecule has 6 unspecified atom stereocenters. The van der Waals surface area contributed by atoms with Gasteiger partial charge >= 0.3 is 0 Å². The Bertz CT molecular complexity index is 711. The number of piperazine rings is 1. The number of aliphatic imine (C=N–C) groups is 1. The molecular weight excluding hydrogens is 435 g/mol. The number of nitrogens with two attached hydrogens (primary N) is 2. The second kappa shape index (κ2) is 11.3. The van der Waals surface area contributed by atoms with Gasteiger partial charge in [-0.05, 0) is 39.2 Å². The van der Waals surface area contributed by atoms with Crippen LogP contribution in [0.5, 0.6) is 0 Å². The van der Waals surface area contributed by atoms with E-state index in [9.17, 15) is 9.18 Å². The zero-order valence-corrected chi connectivity index (χ0v) is 21.0. The summed E-state index contributed by atoms with van der Waals surface area (Å²) in [5.41, 5.74) is 12.4. The summed E-state index contributed by atoms with van der Waals surface area (Å²) < 4.78 is 14.8. The van der Waals surface area contributed by atoms with Crippen molar-refractivity contribution in [1.29, 1.82) is 0 Å². The molecule has 3 fully saturated rings. The lowest BCUT2D eigenvalue weighted by atomic mass is 9.93. The first-order valence-electron chi connectivity index (χ1n) is 13.4. The SMILES string of the molecule is CCC[N+]1(CC)CC(F)C=NC1C(C(=O)NC1CNCCC1N1CCN(C2CC2)CC1)C(N)N. The summed E-state index contributed by atoms with van der Waals surface area (Å²) in [4.78, 5) is 23.4. The van der Waals surface area contributed by atoms with Crippen LogP contribution < -0.4 is 22.1 Å². The van der Waals surface area contributed by atoms with E-state index in [2.05, 4.69) is 32.3 Å². The van der Waals surface area contributed by atoms with Crippen LogP contribution in [0.15, 0.2) is 4.99 Å². The molecule has 2 saturated heterocycles. The lowest BCUT2D eigenvalue weighted by Gasteiger charge is -2.48. The standard InChI is InChI=1S/C24H45FN8O/c1-3-13-33(4-2)16-17(25)14-29-23(33)21(22(26)27)24(34)30-19-15-28-8-7-20(19)32-11-9-31(10-12-32)18-5-6-18/h14,17-23,28H,3-13,15-16,26-27H2,1-2H3/p+1. The third-order valence-electron chi connectivity index (χ3n) is 8.49. The molecule has 1 saturated carbocycles. The highest BCUT2D eigenvalue weighted by Crippen LogP contribution is 2.30. The number of nitrogens with one attached hydrogen (secondary N) is 2. The van der Waals surface area contributed by atoms with Gasteiger partial charge in [-0.15, -0.1) is 0 Å². The lowest BCUT2D eigenvalue weighted by Crippen LogP contribution is -2.69. The van der Waals surface area contributed by atoms with Crippen LogP contribution in [0, 0.1) is 5.92 Å². The van der Waals surface area contributed by atoms with E-state index in [-0.39, 0.29) is 11.9 Å². The van der Waals surface area contributed by atoms with Gasteiger partial charge in [0.05, 0.1) is 25.3 Å². The number of hydrogen-bond acceptors (Lipinski definition) is 7. The van der Waals surface area contributed by atoms with E-state index in [1.807, 2.05) is 6.92 Å². The summed E-state index contributed by atoms with van der Waals surface area (Å²) in [7, 11) is 0. The van der Waals surface area contributed by atoms with Crippen LogP contribution >= 0.6 is 0 Å². The molecule has 3 heterocycles. The van der Waals surface area contributed by atoms with Crippen LogP contribution in [-0.2, 0) is 4.79 Å². The summed E-state index contributed by atoms with van der Waals surface area (Å²) in [6.45, 7) is 11.9. The van der Waals surface area contributed by atoms with Crippen LogP contribution in [-0.4, -0.2) is 122 Å². The van der Waals surface area contributed by atoms with E-state index < -0.39 is 24.4 Å². The molecule has 10 heteroatoms. The van der Waals surface area contributed by atoms with Crippen LogP contribution in [0.4, 0.5) is 4.39 Å². The average molecular weight is 482 g/mol. The van der Waals surface area contributed by atoms with Gasteiger partial charge in [0.15, 0.2) is 12.3 Å². The predicted molar refractivity (Wildman–Crippen MR) is 133 cm³/mol. The van der Waals surface area contributed by atoms with Crippen molar-refractivity contribution in [3.8, 4) is 0 Å². The normalized spacial score (nSPS) is 36.5. The van der Waals surface area contributed by atoms with E-state index in [4.69, 9.17) is 11.5 Å². The molecule has 6 atom stereocenters. The van der Waals surface area contributed by atoms with Gasteiger partial charge in [-0.3, -0.25) is 19.1 Å². The minimum absolute atomic E-state index is 0.00818. The number of halogens is 1. The summed E-state index contributed by atoms with van der Waals surface area (Å²) in [6.07, 6.45) is 3.47. The summed E-state index contributed by atoms with van der Waals surface area (Å²) in [6, 6.07) is 1.09. The van der Waals surface area contributed by atoms with Crippen LogP contribution in [0.3, 0.4) is 0 Å². The number of amides is 1. The number of carbonyl (C=O) groups excluding carboxylic acids is 1. The van der Waals surface area contributed by atoms with Crippen LogP contribution in [0.1, 0.15) is 39.5 Å². The molecule has 4 rings (SSSR count). The Morgan fingerprint density at radius 1 is 1.21 bits per heavy atom. The van der Waals surface area contributed by atoms with Gasteiger partial charge in [-0.1, -0.05) is 6.92 Å². The quantitative estimate of drug-likeness (QED) is 0.260. The van der Waals surface area contributed by atoms with Crippen LogP contribution in [0.2, 0.25) is 0 Å². The summed E-state index contributed by atoms with van der Waals surface area (Å²) in [5, 5.41) is 6.76. The van der Waals surface area contributed by atoms with E-state index >= 15 is 0 Å². The van der Waals surface area contributed by atoms with Crippen molar-refractivity contribution in [1.82, 2.24) is 20.4 Å². The van der Waals surface area contributed by atoms with Gasteiger partial charge in [0, 0.05) is 51.0 Å². The van der Waals surface area contributed by atoms with Gasteiger partial charge in [-0.25, -0.2) is 9.38 Å². The Kier molecular flexibility index (Phi) is 8.58. The second-order valence-corrected chi connectivity index (χ2v) is 10.8. The summed E-state index contributed by atoms with van der Waals surface area (Å²) in [5.74, 6) is -0.860. The molecular formula is C24H46FN8O+. The Morgan fingerprint density at radius 3 is 2.53 bits per heavy atom. The number of nitrogens with zero attached hydrogens (tertiary/aromatic N) is 4. The van der Waals surface area contributed by atoms with Crippen molar-refractivity contribution in [2.24, 2.45) is 22.4 Å². The third kappa shape index (κ3) is 5.63. The molecule has 1 amide bonds. The van der Waals surface area contributed by atoms with Crippen molar-refractivity contribution in [2.45, 2.75) is 76.2 Å². The van der Waals surface area contributed by atoms with E-state index in [0.29, 0.717) is 23.6 Å². The number of quaternary nitrogens is 1. The molecule has 9 nitrogen and oxygen atoms in total. The minimum atomic E-state index is -1.11. The van der Waals surface area contributed by atoms with E-state index in [1.165, 1.54) is 19.1 Å². The zero-order chi connectivity index (χ0) is 24.3. The molecule has 6 N–H and O–H groups in total. The smallest absolute Gasteiger partial charge is 0.234 e. The molecule has 194 valence electrons. The fraction of sp³-hybridized carbons (Fsp3) is 0.917. The first-order chi connectivity index (χ1) is 16.4. The molecule has 1 aliphatic carbocycles. The van der Waals surface area contributed by atoms with Gasteiger partial charge in [0.1, 0.15) is 12.5 Å². The molecule has 34 heavy (non-hydrogen) atoms. The highest BCUT2D eigenvalue weighted by Gasteiger charge is 2.49. The van der Waals surface area contributed by atoms with Gasteiger partial charge in [-0.2, -0.15) is 0 Å². The predicted octanol–water partition coefficient (Wildman–Crippen LogP) is -0.532. The Hall–Kier alpha value is -1.17. The molecule has 4 aliphatic rings. The molecule has 0 bridgehead atoms. The van der Waals surface area contributed by atoms with Crippen molar-refractivity contribution < 1.29 is 13.7 Å². The van der Waals surface area contributed by atoms with Crippen molar-refractivity contribution in [3.63, 3.8) is 0 Å². The van der Waals surface area contributed by atoms with Crippen molar-refractivity contribution in [3.05, 3.63) is 0 Å². The average Bonchev–Trinajstić information content (AvgIpc) is 3.67. The molecule has 0 radical (unpaired) electrons. The first kappa shape index (κ1) is 25.9. The Morgan fingerprint density at radius 2 is 1.91 bits per heavy atom. The fourth-order valence-electron chi connectivity index (χ4n) is 6.49. The molecule has 3 aliphatic heterocycles. The number of rotatable bonds is 9. The van der Waals surface area contributed by atoms with Gasteiger partial charge in [0.25, 0.3) is 0 Å². The number of carbonyl (C=O) groups is 1. The largest absolute Gasteiger partial charge is 0.350 e. The maximum Gasteiger partial charge on any atom is 0.234 e. The first-order valence-corrected chi connectivity index (χ1v) is 13.4. The molecule has 0 aromatic carbocycles.